The molecule has 1 aromatic rings. The van der Waals surface area contributed by atoms with E-state index in [1.165, 1.54) is 0 Å². The van der Waals surface area contributed by atoms with E-state index in [0.29, 0.717) is 31.0 Å². The molecule has 0 radical (unpaired) electrons. The van der Waals surface area contributed by atoms with Gasteiger partial charge in [0.15, 0.2) is 0 Å². The highest BCUT2D eigenvalue weighted by Crippen LogP contribution is 2.11. The second-order valence-corrected chi connectivity index (χ2v) is 5.96. The van der Waals surface area contributed by atoms with Crippen LogP contribution in [0.4, 0.5) is 0 Å². The minimum Gasteiger partial charge on any atom is -0.352 e. The van der Waals surface area contributed by atoms with Crippen LogP contribution in [0.3, 0.4) is 0 Å². The van der Waals surface area contributed by atoms with Crippen LogP contribution in [0.25, 0.3) is 0 Å². The summed E-state index contributed by atoms with van der Waals surface area (Å²) in [4.78, 5) is 26.4. The molecule has 2 amide bonds. The van der Waals surface area contributed by atoms with Crippen LogP contribution in [-0.4, -0.2) is 48.9 Å². The highest BCUT2D eigenvalue weighted by Gasteiger charge is 2.25. The van der Waals surface area contributed by atoms with Crippen LogP contribution >= 0.6 is 12.4 Å². The van der Waals surface area contributed by atoms with Crippen molar-refractivity contribution in [3.05, 3.63) is 35.9 Å². The molecule has 1 saturated heterocycles. The third-order valence-corrected chi connectivity index (χ3v) is 4.15. The monoisotopic (exact) mass is 353 g/mol. The Hall–Kier alpha value is -1.59. The van der Waals surface area contributed by atoms with Crippen LogP contribution in [-0.2, 0) is 4.79 Å². The summed E-state index contributed by atoms with van der Waals surface area (Å²) in [6, 6.07) is 9.48. The summed E-state index contributed by atoms with van der Waals surface area (Å²) in [6.45, 7) is 5.34. The fraction of sp³-hybridized carbons (Fsp3) is 0.556. The molecular weight excluding hydrogens is 326 g/mol. The maximum atomic E-state index is 12.4. The van der Waals surface area contributed by atoms with Crippen molar-refractivity contribution in [1.29, 1.82) is 0 Å². The van der Waals surface area contributed by atoms with Crippen LogP contribution in [0.2, 0.25) is 0 Å². The van der Waals surface area contributed by atoms with Crippen LogP contribution in [0.5, 0.6) is 0 Å². The van der Waals surface area contributed by atoms with E-state index < -0.39 is 0 Å². The van der Waals surface area contributed by atoms with E-state index in [4.69, 9.17) is 0 Å². The van der Waals surface area contributed by atoms with Crippen molar-refractivity contribution in [3.8, 4) is 0 Å². The number of rotatable bonds is 8. The Balaban J connectivity index is 0.00000288. The second-order valence-electron chi connectivity index (χ2n) is 5.96. The highest BCUT2D eigenvalue weighted by atomic mass is 35.5. The number of benzene rings is 1. The summed E-state index contributed by atoms with van der Waals surface area (Å²) in [6.07, 6.45) is 3.19. The first kappa shape index (κ1) is 20.5. The molecule has 1 aromatic carbocycles. The molecule has 0 bridgehead atoms. The Morgan fingerprint density at radius 1 is 1.29 bits per heavy atom. The highest BCUT2D eigenvalue weighted by molar-refractivity contribution is 5.94. The first-order valence-electron chi connectivity index (χ1n) is 8.55. The quantitative estimate of drug-likeness (QED) is 0.704. The molecule has 0 saturated carbocycles. The summed E-state index contributed by atoms with van der Waals surface area (Å²) in [5.74, 6) is 0.123. The van der Waals surface area contributed by atoms with Crippen LogP contribution in [0.1, 0.15) is 43.0 Å². The van der Waals surface area contributed by atoms with E-state index in [9.17, 15) is 9.59 Å². The molecule has 2 N–H and O–H groups in total. The van der Waals surface area contributed by atoms with Crippen molar-refractivity contribution >= 4 is 24.2 Å². The van der Waals surface area contributed by atoms with Gasteiger partial charge >= 0.3 is 0 Å². The van der Waals surface area contributed by atoms with Gasteiger partial charge in [-0.25, -0.2) is 0 Å². The van der Waals surface area contributed by atoms with Crippen LogP contribution < -0.4 is 10.6 Å². The predicted molar refractivity (Wildman–Crippen MR) is 98.5 cm³/mol. The van der Waals surface area contributed by atoms with Gasteiger partial charge in [0, 0.05) is 37.7 Å². The summed E-state index contributed by atoms with van der Waals surface area (Å²) in [5.41, 5.74) is 0.656. The fourth-order valence-corrected chi connectivity index (χ4v) is 2.93. The molecule has 1 atom stereocenters. The van der Waals surface area contributed by atoms with E-state index in [1.54, 1.807) is 12.1 Å². The number of halogens is 1. The maximum absolute atomic E-state index is 12.4. The minimum absolute atomic E-state index is 0. The molecule has 0 spiro atoms. The molecule has 1 aliphatic heterocycles. The lowest BCUT2D eigenvalue weighted by Gasteiger charge is -2.28. The van der Waals surface area contributed by atoms with E-state index in [2.05, 4.69) is 17.6 Å². The third-order valence-electron chi connectivity index (χ3n) is 4.15. The van der Waals surface area contributed by atoms with Gasteiger partial charge in [0.2, 0.25) is 5.91 Å². The molecule has 0 aromatic heterocycles. The Bertz CT molecular complexity index is 504. The molecule has 6 heteroatoms. The molecule has 5 nitrogen and oxygen atoms in total. The first-order chi connectivity index (χ1) is 11.2. The average molecular weight is 354 g/mol. The lowest BCUT2D eigenvalue weighted by Crippen LogP contribution is -2.42. The molecule has 1 fully saturated rings. The Morgan fingerprint density at radius 2 is 2.04 bits per heavy atom. The lowest BCUT2D eigenvalue weighted by molar-refractivity contribution is -0.133. The molecular formula is C18H28ClN3O2. The maximum Gasteiger partial charge on any atom is 0.251 e. The number of nitrogens with one attached hydrogen (secondary N) is 2. The number of hydrogen-bond acceptors (Lipinski definition) is 3. The number of hydrogen-bond donors (Lipinski definition) is 2. The van der Waals surface area contributed by atoms with E-state index in [0.717, 1.165) is 32.5 Å². The Kier molecular flexibility index (Phi) is 9.42. The van der Waals surface area contributed by atoms with E-state index >= 15 is 0 Å². The van der Waals surface area contributed by atoms with Gasteiger partial charge in [0.1, 0.15) is 0 Å². The van der Waals surface area contributed by atoms with Gasteiger partial charge in [-0.1, -0.05) is 25.1 Å². The molecule has 134 valence electrons. The third kappa shape index (κ3) is 6.13. The van der Waals surface area contributed by atoms with Gasteiger partial charge in [-0.15, -0.1) is 12.4 Å². The van der Waals surface area contributed by atoms with Gasteiger partial charge in [0.05, 0.1) is 0 Å². The Labute approximate surface area is 150 Å². The zero-order chi connectivity index (χ0) is 16.5. The predicted octanol–water partition coefficient (Wildman–Crippen LogP) is 2.22. The van der Waals surface area contributed by atoms with Crippen LogP contribution in [0, 0.1) is 0 Å². The zero-order valence-corrected chi connectivity index (χ0v) is 15.1. The average Bonchev–Trinajstić information content (AvgIpc) is 3.11. The summed E-state index contributed by atoms with van der Waals surface area (Å²) in [7, 11) is 0. The van der Waals surface area contributed by atoms with E-state index in [-0.39, 0.29) is 24.2 Å². The van der Waals surface area contributed by atoms with Gasteiger partial charge < -0.3 is 15.5 Å². The molecule has 24 heavy (non-hydrogen) atoms. The molecule has 1 aliphatic rings. The summed E-state index contributed by atoms with van der Waals surface area (Å²) < 4.78 is 0. The van der Waals surface area contributed by atoms with Crippen LogP contribution in [0.15, 0.2) is 30.3 Å². The van der Waals surface area contributed by atoms with E-state index in [1.807, 2.05) is 23.1 Å². The fourth-order valence-electron chi connectivity index (χ4n) is 2.93. The lowest BCUT2D eigenvalue weighted by atomic mass is 10.1. The standard InChI is InChI=1S/C18H27N3O2.ClH/c1-2-13-21(16-10-12-19-14-16)17(22)9-6-11-20-18(23)15-7-4-3-5-8-15;/h3-5,7-8,16,19H,2,6,9-14H2,1H3,(H,20,23);1H. The second kappa shape index (κ2) is 11.0. The molecule has 0 aliphatic carbocycles. The van der Waals surface area contributed by atoms with Gasteiger partial charge in [0.25, 0.3) is 5.91 Å². The minimum atomic E-state index is -0.0801. The largest absolute Gasteiger partial charge is 0.352 e. The summed E-state index contributed by atoms with van der Waals surface area (Å²) >= 11 is 0. The van der Waals surface area contributed by atoms with Crippen molar-refractivity contribution in [1.82, 2.24) is 15.5 Å². The van der Waals surface area contributed by atoms with Crippen molar-refractivity contribution in [2.24, 2.45) is 0 Å². The van der Waals surface area contributed by atoms with Crippen molar-refractivity contribution in [2.75, 3.05) is 26.2 Å². The first-order valence-corrected chi connectivity index (χ1v) is 8.55. The topological polar surface area (TPSA) is 61.4 Å². The molecule has 2 rings (SSSR count). The summed E-state index contributed by atoms with van der Waals surface area (Å²) in [5, 5.41) is 6.19. The number of nitrogens with zero attached hydrogens (tertiary/aromatic N) is 1. The van der Waals surface area contributed by atoms with Crippen molar-refractivity contribution in [3.63, 3.8) is 0 Å². The van der Waals surface area contributed by atoms with Crippen molar-refractivity contribution in [2.45, 2.75) is 38.6 Å². The zero-order valence-electron chi connectivity index (χ0n) is 14.3. The number of carbonyl (C=O) groups excluding carboxylic acids is 2. The van der Waals surface area contributed by atoms with Gasteiger partial charge in [-0.2, -0.15) is 0 Å². The number of amides is 2. The molecule has 1 heterocycles. The van der Waals surface area contributed by atoms with Gasteiger partial charge in [-0.05, 0) is 37.9 Å². The smallest absolute Gasteiger partial charge is 0.251 e. The number of carbonyl (C=O) groups is 2. The van der Waals surface area contributed by atoms with Gasteiger partial charge in [-0.3, -0.25) is 9.59 Å². The Morgan fingerprint density at radius 3 is 2.67 bits per heavy atom. The normalized spacial score (nSPS) is 16.3. The van der Waals surface area contributed by atoms with Crippen molar-refractivity contribution < 1.29 is 9.59 Å². The SMILES string of the molecule is CCCN(C(=O)CCCNC(=O)c1ccccc1)C1CCNC1.Cl. The molecule has 1 unspecified atom stereocenters.